The van der Waals surface area contributed by atoms with Gasteiger partial charge in [-0.1, -0.05) is 0 Å². The molecule has 0 aromatic carbocycles. The molecule has 1 amide bonds. The Morgan fingerprint density at radius 2 is 2.00 bits per heavy atom. The summed E-state index contributed by atoms with van der Waals surface area (Å²) in [4.78, 5) is 24.5. The Kier molecular flexibility index (Phi) is 3.99. The first kappa shape index (κ1) is 12.4. The summed E-state index contributed by atoms with van der Waals surface area (Å²) in [5.41, 5.74) is 0. The lowest BCUT2D eigenvalue weighted by atomic mass is 10.1. The number of carbonyl (C=O) groups excluding carboxylic acids is 1. The zero-order chi connectivity index (χ0) is 12.3. The van der Waals surface area contributed by atoms with E-state index in [1.54, 1.807) is 4.90 Å². The van der Waals surface area contributed by atoms with Gasteiger partial charge in [0.25, 0.3) is 5.91 Å². The van der Waals surface area contributed by atoms with Gasteiger partial charge in [0.15, 0.2) is 0 Å². The van der Waals surface area contributed by atoms with Crippen LogP contribution in [0.15, 0.2) is 0 Å². The third kappa shape index (κ3) is 3.43. The highest BCUT2D eigenvalue weighted by atomic mass is 16.5. The van der Waals surface area contributed by atoms with Gasteiger partial charge < -0.3 is 14.7 Å². The molecule has 1 saturated heterocycles. The fourth-order valence-corrected chi connectivity index (χ4v) is 2.20. The van der Waals surface area contributed by atoms with Crippen LogP contribution in [0.1, 0.15) is 38.5 Å². The van der Waals surface area contributed by atoms with E-state index in [4.69, 9.17) is 9.84 Å². The lowest BCUT2D eigenvalue weighted by molar-refractivity contribution is -0.148. The van der Waals surface area contributed by atoms with Gasteiger partial charge in [-0.2, -0.15) is 0 Å². The summed E-state index contributed by atoms with van der Waals surface area (Å²) in [6, 6.07) is 0.257. The molecule has 2 fully saturated rings. The van der Waals surface area contributed by atoms with Crippen molar-refractivity contribution in [2.45, 2.75) is 50.7 Å². The van der Waals surface area contributed by atoms with E-state index in [1.807, 2.05) is 0 Å². The highest BCUT2D eigenvalue weighted by molar-refractivity contribution is 5.82. The number of aliphatic carboxylic acids is 1. The Morgan fingerprint density at radius 1 is 1.24 bits per heavy atom. The maximum Gasteiger partial charge on any atom is 0.305 e. The summed E-state index contributed by atoms with van der Waals surface area (Å²) in [6.45, 7) is 0.965. The van der Waals surface area contributed by atoms with E-state index in [2.05, 4.69) is 0 Å². The number of ether oxygens (including phenoxy) is 1. The summed E-state index contributed by atoms with van der Waals surface area (Å²) in [7, 11) is 0. The zero-order valence-corrected chi connectivity index (χ0v) is 9.93. The highest BCUT2D eigenvalue weighted by Crippen LogP contribution is 2.29. The third-order valence-electron chi connectivity index (χ3n) is 3.29. The number of amides is 1. The molecule has 0 aromatic rings. The molecule has 0 radical (unpaired) electrons. The van der Waals surface area contributed by atoms with Gasteiger partial charge in [-0.25, -0.2) is 0 Å². The van der Waals surface area contributed by atoms with Gasteiger partial charge in [0.1, 0.15) is 6.10 Å². The van der Waals surface area contributed by atoms with E-state index in [0.29, 0.717) is 13.2 Å². The molecule has 5 nitrogen and oxygen atoms in total. The predicted octanol–water partition coefficient (Wildman–Crippen LogP) is 1.02. The van der Waals surface area contributed by atoms with E-state index in [0.717, 1.165) is 32.1 Å². The first-order valence-electron chi connectivity index (χ1n) is 6.32. The van der Waals surface area contributed by atoms with E-state index in [1.165, 1.54) is 0 Å². The molecule has 1 atom stereocenters. The van der Waals surface area contributed by atoms with Gasteiger partial charge in [-0.05, 0) is 32.1 Å². The first-order valence-corrected chi connectivity index (χ1v) is 6.32. The fraction of sp³-hybridized carbons (Fsp3) is 0.833. The average molecular weight is 241 g/mol. The SMILES string of the molecule is O=C(O)CCN(C(=O)C1CCCCO1)C1CC1. The molecule has 17 heavy (non-hydrogen) atoms. The van der Waals surface area contributed by atoms with Crippen molar-refractivity contribution >= 4 is 11.9 Å². The molecule has 0 aromatic heterocycles. The summed E-state index contributed by atoms with van der Waals surface area (Å²) in [5.74, 6) is -0.860. The monoisotopic (exact) mass is 241 g/mol. The summed E-state index contributed by atoms with van der Waals surface area (Å²) < 4.78 is 5.47. The number of hydrogen-bond donors (Lipinski definition) is 1. The predicted molar refractivity (Wildman–Crippen MR) is 60.6 cm³/mol. The zero-order valence-electron chi connectivity index (χ0n) is 9.93. The summed E-state index contributed by atoms with van der Waals surface area (Å²) >= 11 is 0. The van der Waals surface area contributed by atoms with Crippen LogP contribution in [-0.4, -0.2) is 47.2 Å². The second-order valence-corrected chi connectivity index (χ2v) is 4.76. The van der Waals surface area contributed by atoms with E-state index in [-0.39, 0.29) is 24.5 Å². The second-order valence-electron chi connectivity index (χ2n) is 4.76. The van der Waals surface area contributed by atoms with Gasteiger partial charge >= 0.3 is 5.97 Å². The molecule has 1 heterocycles. The topological polar surface area (TPSA) is 66.8 Å². The number of carboxylic acid groups (broad SMARTS) is 1. The maximum absolute atomic E-state index is 12.2. The Balaban J connectivity index is 1.89. The van der Waals surface area contributed by atoms with Gasteiger partial charge in [-0.3, -0.25) is 9.59 Å². The molecule has 2 rings (SSSR count). The van der Waals surface area contributed by atoms with E-state index < -0.39 is 5.97 Å². The van der Waals surface area contributed by atoms with Crippen molar-refractivity contribution in [3.63, 3.8) is 0 Å². The van der Waals surface area contributed by atoms with Crippen LogP contribution in [0.5, 0.6) is 0 Å². The van der Waals surface area contributed by atoms with Crippen LogP contribution in [0.2, 0.25) is 0 Å². The Labute approximate surface area is 101 Å². The molecular formula is C12H19NO4. The van der Waals surface area contributed by atoms with Crippen LogP contribution in [-0.2, 0) is 14.3 Å². The smallest absolute Gasteiger partial charge is 0.305 e. The summed E-state index contributed by atoms with van der Waals surface area (Å²) in [5, 5.41) is 8.69. The van der Waals surface area contributed by atoms with Crippen molar-refractivity contribution in [3.05, 3.63) is 0 Å². The second kappa shape index (κ2) is 5.49. The molecule has 1 aliphatic carbocycles. The number of carbonyl (C=O) groups is 2. The highest BCUT2D eigenvalue weighted by Gasteiger charge is 2.36. The van der Waals surface area contributed by atoms with Crippen LogP contribution in [0.4, 0.5) is 0 Å². The Morgan fingerprint density at radius 3 is 2.53 bits per heavy atom. The molecule has 1 N–H and O–H groups in total. The maximum atomic E-state index is 12.2. The van der Waals surface area contributed by atoms with Crippen molar-refractivity contribution in [2.24, 2.45) is 0 Å². The molecule has 96 valence electrons. The number of rotatable bonds is 5. The number of nitrogens with zero attached hydrogens (tertiary/aromatic N) is 1. The summed E-state index contributed by atoms with van der Waals surface area (Å²) in [6.07, 6.45) is 4.49. The molecule has 1 aliphatic heterocycles. The minimum atomic E-state index is -0.854. The van der Waals surface area contributed by atoms with Crippen LogP contribution < -0.4 is 0 Å². The molecule has 5 heteroatoms. The largest absolute Gasteiger partial charge is 0.481 e. The van der Waals surface area contributed by atoms with E-state index in [9.17, 15) is 9.59 Å². The lowest BCUT2D eigenvalue weighted by Gasteiger charge is -2.29. The van der Waals surface area contributed by atoms with Crippen molar-refractivity contribution in [2.75, 3.05) is 13.2 Å². The van der Waals surface area contributed by atoms with Gasteiger partial charge in [0, 0.05) is 19.2 Å². The van der Waals surface area contributed by atoms with Crippen molar-refractivity contribution in [1.29, 1.82) is 0 Å². The first-order chi connectivity index (χ1) is 8.18. The van der Waals surface area contributed by atoms with Crippen molar-refractivity contribution in [3.8, 4) is 0 Å². The van der Waals surface area contributed by atoms with Gasteiger partial charge in [0.05, 0.1) is 6.42 Å². The minimum absolute atomic E-state index is 0.00606. The van der Waals surface area contributed by atoms with Crippen LogP contribution >= 0.6 is 0 Å². The van der Waals surface area contributed by atoms with Gasteiger partial charge in [0.2, 0.25) is 0 Å². The molecule has 2 aliphatic rings. The van der Waals surface area contributed by atoms with Crippen LogP contribution in [0, 0.1) is 0 Å². The average Bonchev–Trinajstić information content (AvgIpc) is 3.14. The normalized spacial score (nSPS) is 24.4. The number of carboxylic acids is 1. The molecule has 0 bridgehead atoms. The number of hydrogen-bond acceptors (Lipinski definition) is 3. The fourth-order valence-electron chi connectivity index (χ4n) is 2.20. The molecular weight excluding hydrogens is 222 g/mol. The minimum Gasteiger partial charge on any atom is -0.481 e. The standard InChI is InChI=1S/C12H19NO4/c14-11(15)6-7-13(9-4-5-9)12(16)10-3-1-2-8-17-10/h9-10H,1-8H2,(H,14,15). The van der Waals surface area contributed by atoms with Crippen LogP contribution in [0.3, 0.4) is 0 Å². The van der Waals surface area contributed by atoms with Crippen molar-refractivity contribution < 1.29 is 19.4 Å². The molecule has 1 saturated carbocycles. The molecule has 0 spiro atoms. The molecule has 1 unspecified atom stereocenters. The Bertz CT molecular complexity index is 295. The quantitative estimate of drug-likeness (QED) is 0.780. The Hall–Kier alpha value is -1.10. The third-order valence-corrected chi connectivity index (χ3v) is 3.29. The van der Waals surface area contributed by atoms with Crippen molar-refractivity contribution in [1.82, 2.24) is 4.90 Å². The lowest BCUT2D eigenvalue weighted by Crippen LogP contribution is -2.44. The van der Waals surface area contributed by atoms with E-state index >= 15 is 0 Å². The van der Waals surface area contributed by atoms with Crippen LogP contribution in [0.25, 0.3) is 0 Å². The van der Waals surface area contributed by atoms with Gasteiger partial charge in [-0.15, -0.1) is 0 Å².